The van der Waals surface area contributed by atoms with Crippen molar-refractivity contribution in [3.63, 3.8) is 0 Å². The first-order valence-electron chi connectivity index (χ1n) is 5.26. The van der Waals surface area contributed by atoms with Crippen molar-refractivity contribution in [3.05, 3.63) is 47.4 Å². The van der Waals surface area contributed by atoms with E-state index in [4.69, 9.17) is 11.5 Å². The molecule has 0 fully saturated rings. The lowest BCUT2D eigenvalue weighted by molar-refractivity contribution is 0.625. The number of hydrogen-bond acceptors (Lipinski definition) is 4. The Morgan fingerprint density at radius 1 is 1.18 bits per heavy atom. The molecule has 17 heavy (non-hydrogen) atoms. The number of benzene rings is 1. The summed E-state index contributed by atoms with van der Waals surface area (Å²) in [4.78, 5) is 7.76. The normalized spacial score (nSPS) is 10.4. The molecule has 0 saturated heterocycles. The smallest absolute Gasteiger partial charge is 0.221 e. The molecule has 88 valence electrons. The first-order chi connectivity index (χ1) is 8.15. The van der Waals surface area contributed by atoms with Crippen LogP contribution >= 0.6 is 0 Å². The van der Waals surface area contributed by atoms with Crippen LogP contribution in [0.15, 0.2) is 30.5 Å². The van der Waals surface area contributed by atoms with Gasteiger partial charge in [0.2, 0.25) is 5.95 Å². The molecular formula is C12H13FN4. The highest BCUT2D eigenvalue weighted by Crippen LogP contribution is 2.13. The molecule has 0 aliphatic rings. The Morgan fingerprint density at radius 2 is 2.00 bits per heavy atom. The van der Waals surface area contributed by atoms with E-state index in [9.17, 15) is 4.39 Å². The predicted molar refractivity (Wildman–Crippen MR) is 64.7 cm³/mol. The third-order valence-electron chi connectivity index (χ3n) is 2.49. The summed E-state index contributed by atoms with van der Waals surface area (Å²) in [6.45, 7) is 0. The van der Waals surface area contributed by atoms with Crippen molar-refractivity contribution in [2.24, 2.45) is 0 Å². The first kappa shape index (κ1) is 11.3. The van der Waals surface area contributed by atoms with Crippen LogP contribution in [0.2, 0.25) is 0 Å². The average molecular weight is 232 g/mol. The third-order valence-corrected chi connectivity index (χ3v) is 2.49. The molecule has 0 atom stereocenters. The molecule has 2 rings (SSSR count). The van der Waals surface area contributed by atoms with Gasteiger partial charge in [-0.2, -0.15) is 4.98 Å². The molecule has 4 N–H and O–H groups in total. The Bertz CT molecular complexity index is 528. The van der Waals surface area contributed by atoms with Crippen LogP contribution in [-0.4, -0.2) is 9.97 Å². The Morgan fingerprint density at radius 3 is 2.71 bits per heavy atom. The van der Waals surface area contributed by atoms with E-state index < -0.39 is 0 Å². The molecule has 0 bridgehead atoms. The number of nitrogen functional groups attached to an aromatic ring is 2. The molecule has 4 nitrogen and oxygen atoms in total. The van der Waals surface area contributed by atoms with E-state index in [2.05, 4.69) is 9.97 Å². The van der Waals surface area contributed by atoms with Gasteiger partial charge in [-0.25, -0.2) is 9.37 Å². The van der Waals surface area contributed by atoms with Crippen LogP contribution in [0.4, 0.5) is 16.2 Å². The van der Waals surface area contributed by atoms with E-state index >= 15 is 0 Å². The SMILES string of the molecule is Nc1ncc(CCc2cccc(F)c2)c(N)n1. The largest absolute Gasteiger partial charge is 0.383 e. The van der Waals surface area contributed by atoms with E-state index in [1.165, 1.54) is 12.1 Å². The van der Waals surface area contributed by atoms with Gasteiger partial charge in [-0.3, -0.25) is 0 Å². The molecule has 0 spiro atoms. The van der Waals surface area contributed by atoms with Gasteiger partial charge < -0.3 is 11.5 Å². The Balaban J connectivity index is 2.07. The van der Waals surface area contributed by atoms with Crippen LogP contribution < -0.4 is 11.5 Å². The molecule has 1 aromatic heterocycles. The summed E-state index contributed by atoms with van der Waals surface area (Å²) in [5.74, 6) is 0.315. The molecule has 0 unspecified atom stereocenters. The predicted octanol–water partition coefficient (Wildman–Crippen LogP) is 1.57. The van der Waals surface area contributed by atoms with Crippen molar-refractivity contribution in [2.45, 2.75) is 12.8 Å². The summed E-state index contributed by atoms with van der Waals surface area (Å²) in [6, 6.07) is 6.49. The minimum absolute atomic E-state index is 0.164. The van der Waals surface area contributed by atoms with Crippen molar-refractivity contribution < 1.29 is 4.39 Å². The van der Waals surface area contributed by atoms with E-state index in [0.29, 0.717) is 18.7 Å². The molecule has 0 aliphatic heterocycles. The van der Waals surface area contributed by atoms with E-state index in [1.54, 1.807) is 12.3 Å². The number of nitrogens with zero attached hydrogens (tertiary/aromatic N) is 2. The van der Waals surface area contributed by atoms with E-state index in [1.807, 2.05) is 6.07 Å². The molecule has 0 aliphatic carbocycles. The minimum atomic E-state index is -0.232. The maximum Gasteiger partial charge on any atom is 0.221 e. The number of aryl methyl sites for hydroxylation is 2. The lowest BCUT2D eigenvalue weighted by Crippen LogP contribution is -2.04. The van der Waals surface area contributed by atoms with Gasteiger partial charge in [0.25, 0.3) is 0 Å². The van der Waals surface area contributed by atoms with Gasteiger partial charge >= 0.3 is 0 Å². The second kappa shape index (κ2) is 4.78. The van der Waals surface area contributed by atoms with Crippen molar-refractivity contribution in [2.75, 3.05) is 11.5 Å². The maximum atomic E-state index is 13.0. The highest BCUT2D eigenvalue weighted by molar-refractivity contribution is 5.41. The van der Waals surface area contributed by atoms with Crippen molar-refractivity contribution in [1.82, 2.24) is 9.97 Å². The summed E-state index contributed by atoms with van der Waals surface area (Å²) >= 11 is 0. The zero-order valence-electron chi connectivity index (χ0n) is 9.23. The number of rotatable bonds is 3. The zero-order chi connectivity index (χ0) is 12.3. The molecule has 5 heteroatoms. The zero-order valence-corrected chi connectivity index (χ0v) is 9.23. The Labute approximate surface area is 98.5 Å². The summed E-state index contributed by atoms with van der Waals surface area (Å²) in [5.41, 5.74) is 12.9. The highest BCUT2D eigenvalue weighted by atomic mass is 19.1. The Kier molecular flexibility index (Phi) is 3.18. The number of halogens is 1. The lowest BCUT2D eigenvalue weighted by atomic mass is 10.1. The fraction of sp³-hybridized carbons (Fsp3) is 0.167. The summed E-state index contributed by atoms with van der Waals surface area (Å²) < 4.78 is 13.0. The molecule has 2 aromatic rings. The van der Waals surface area contributed by atoms with Crippen LogP contribution in [0.25, 0.3) is 0 Å². The van der Waals surface area contributed by atoms with Gasteiger partial charge in [0.15, 0.2) is 0 Å². The van der Waals surface area contributed by atoms with Crippen molar-refractivity contribution in [3.8, 4) is 0 Å². The number of aromatic nitrogens is 2. The lowest BCUT2D eigenvalue weighted by Gasteiger charge is -2.05. The van der Waals surface area contributed by atoms with Gasteiger partial charge in [0, 0.05) is 11.8 Å². The van der Waals surface area contributed by atoms with Crippen LogP contribution in [0.1, 0.15) is 11.1 Å². The fourth-order valence-electron chi connectivity index (χ4n) is 1.60. The van der Waals surface area contributed by atoms with Crippen molar-refractivity contribution in [1.29, 1.82) is 0 Å². The van der Waals surface area contributed by atoms with Gasteiger partial charge in [-0.1, -0.05) is 12.1 Å². The van der Waals surface area contributed by atoms with Gasteiger partial charge in [0.1, 0.15) is 11.6 Å². The average Bonchev–Trinajstić information content (AvgIpc) is 2.28. The van der Waals surface area contributed by atoms with Crippen molar-refractivity contribution >= 4 is 11.8 Å². The number of nitrogens with two attached hydrogens (primary N) is 2. The molecule has 0 amide bonds. The molecular weight excluding hydrogens is 219 g/mol. The van der Waals surface area contributed by atoms with Crippen LogP contribution in [-0.2, 0) is 12.8 Å². The topological polar surface area (TPSA) is 77.8 Å². The van der Waals surface area contributed by atoms with E-state index in [-0.39, 0.29) is 11.8 Å². The number of hydrogen-bond donors (Lipinski definition) is 2. The molecule has 0 saturated carbocycles. The summed E-state index contributed by atoms with van der Waals surface area (Å²) in [7, 11) is 0. The van der Waals surface area contributed by atoms with Crippen LogP contribution in [0.5, 0.6) is 0 Å². The Hall–Kier alpha value is -2.17. The summed E-state index contributed by atoms with van der Waals surface area (Å²) in [6.07, 6.45) is 2.96. The maximum absolute atomic E-state index is 13.0. The first-order valence-corrected chi connectivity index (χ1v) is 5.26. The van der Waals surface area contributed by atoms with Crippen LogP contribution in [0.3, 0.4) is 0 Å². The second-order valence-electron chi connectivity index (χ2n) is 3.77. The monoisotopic (exact) mass is 232 g/mol. The number of anilines is 2. The minimum Gasteiger partial charge on any atom is -0.383 e. The molecule has 0 radical (unpaired) electrons. The fourth-order valence-corrected chi connectivity index (χ4v) is 1.60. The van der Waals surface area contributed by atoms with Gasteiger partial charge in [-0.05, 0) is 30.5 Å². The molecule has 1 heterocycles. The van der Waals surface area contributed by atoms with Gasteiger partial charge in [0.05, 0.1) is 0 Å². The summed E-state index contributed by atoms with van der Waals surface area (Å²) in [5, 5.41) is 0. The highest BCUT2D eigenvalue weighted by Gasteiger charge is 2.03. The molecule has 1 aromatic carbocycles. The van der Waals surface area contributed by atoms with Crippen LogP contribution in [0, 0.1) is 5.82 Å². The van der Waals surface area contributed by atoms with E-state index in [0.717, 1.165) is 11.1 Å². The standard InChI is InChI=1S/C12H13FN4/c13-10-3-1-2-8(6-10)4-5-9-7-16-12(15)17-11(9)14/h1-3,6-7H,4-5H2,(H4,14,15,16,17). The quantitative estimate of drug-likeness (QED) is 0.841. The third kappa shape index (κ3) is 2.90. The van der Waals surface area contributed by atoms with Gasteiger partial charge in [-0.15, -0.1) is 0 Å². The second-order valence-corrected chi connectivity index (χ2v) is 3.77.